The van der Waals surface area contributed by atoms with Crippen molar-refractivity contribution in [2.24, 2.45) is 0 Å². The highest BCUT2D eigenvalue weighted by Gasteiger charge is 2.30. The number of fused-ring (bicyclic) bond motifs is 1. The molecule has 2 heterocycles. The van der Waals surface area contributed by atoms with Crippen molar-refractivity contribution in [2.75, 3.05) is 0 Å². The van der Waals surface area contributed by atoms with Gasteiger partial charge in [0, 0.05) is 5.92 Å². The minimum absolute atomic E-state index is 0.582. The summed E-state index contributed by atoms with van der Waals surface area (Å²) in [7, 11) is 0. The molecular formula is C8H11N3O. The van der Waals surface area contributed by atoms with E-state index in [9.17, 15) is 0 Å². The lowest BCUT2D eigenvalue weighted by Crippen LogP contribution is -2.10. The van der Waals surface area contributed by atoms with Crippen molar-refractivity contribution in [1.29, 1.82) is 0 Å². The molecule has 0 unspecified atom stereocenters. The minimum atomic E-state index is 0.582. The fraction of sp³-hybridized carbons (Fsp3) is 0.625. The molecule has 1 saturated carbocycles. The van der Waals surface area contributed by atoms with E-state index in [2.05, 4.69) is 9.97 Å². The third kappa shape index (κ3) is 0.884. The number of aromatic nitrogens is 2. The van der Waals surface area contributed by atoms with Gasteiger partial charge in [-0.15, -0.1) is 0 Å². The van der Waals surface area contributed by atoms with Crippen LogP contribution in [0, 0.1) is 0 Å². The second-order valence-electron chi connectivity index (χ2n) is 3.64. The van der Waals surface area contributed by atoms with Crippen LogP contribution in [-0.4, -0.2) is 20.2 Å². The summed E-state index contributed by atoms with van der Waals surface area (Å²) in [5, 5.41) is 10.4. The first-order chi connectivity index (χ1) is 5.83. The Hall–Kier alpha value is -0.870. The van der Waals surface area contributed by atoms with Crippen LogP contribution in [0.25, 0.3) is 0 Å². The van der Waals surface area contributed by atoms with Gasteiger partial charge >= 0.3 is 0 Å². The van der Waals surface area contributed by atoms with Crippen molar-refractivity contribution in [3.63, 3.8) is 0 Å². The fourth-order valence-corrected chi connectivity index (χ4v) is 1.69. The molecule has 2 N–H and O–H groups in total. The minimum Gasteiger partial charge on any atom is -0.344 e. The summed E-state index contributed by atoms with van der Waals surface area (Å²) >= 11 is 0. The molecule has 64 valence electrons. The largest absolute Gasteiger partial charge is 0.344 e. The Balaban J connectivity index is 1.94. The van der Waals surface area contributed by atoms with Crippen LogP contribution in [0.2, 0.25) is 0 Å². The number of hydroxylamine groups is 2. The van der Waals surface area contributed by atoms with Gasteiger partial charge in [-0.2, -0.15) is 5.06 Å². The SMILES string of the molecule is ON1Cc2nc(C3CC3)[nH]c2C1. The molecule has 1 aromatic rings. The quantitative estimate of drug-likeness (QED) is 0.652. The predicted octanol–water partition coefficient (Wildman–Crippen LogP) is 0.992. The van der Waals surface area contributed by atoms with Crippen molar-refractivity contribution in [1.82, 2.24) is 15.0 Å². The van der Waals surface area contributed by atoms with E-state index in [0.717, 1.165) is 17.2 Å². The molecule has 4 nitrogen and oxygen atoms in total. The van der Waals surface area contributed by atoms with Gasteiger partial charge in [0.15, 0.2) is 0 Å². The lowest BCUT2D eigenvalue weighted by molar-refractivity contribution is -0.0981. The molecule has 1 fully saturated rings. The van der Waals surface area contributed by atoms with E-state index >= 15 is 0 Å². The average Bonchev–Trinajstić information content (AvgIpc) is 2.69. The van der Waals surface area contributed by atoms with Crippen molar-refractivity contribution in [2.45, 2.75) is 31.8 Å². The Morgan fingerprint density at radius 1 is 1.42 bits per heavy atom. The molecule has 0 spiro atoms. The van der Waals surface area contributed by atoms with Crippen LogP contribution < -0.4 is 0 Å². The molecule has 0 radical (unpaired) electrons. The van der Waals surface area contributed by atoms with Crippen LogP contribution in [0.15, 0.2) is 0 Å². The Bertz CT molecular complexity index is 293. The summed E-state index contributed by atoms with van der Waals surface area (Å²) in [6.07, 6.45) is 2.55. The van der Waals surface area contributed by atoms with Crippen molar-refractivity contribution in [3.8, 4) is 0 Å². The van der Waals surface area contributed by atoms with Gasteiger partial charge < -0.3 is 10.2 Å². The first kappa shape index (κ1) is 6.62. The first-order valence-electron chi connectivity index (χ1n) is 4.34. The van der Waals surface area contributed by atoms with E-state index in [1.165, 1.54) is 17.9 Å². The van der Waals surface area contributed by atoms with Crippen LogP contribution in [0.5, 0.6) is 0 Å². The van der Waals surface area contributed by atoms with Crippen molar-refractivity contribution >= 4 is 0 Å². The predicted molar refractivity (Wildman–Crippen MR) is 41.6 cm³/mol. The van der Waals surface area contributed by atoms with E-state index < -0.39 is 0 Å². The summed E-state index contributed by atoms with van der Waals surface area (Å²) in [5.74, 6) is 1.82. The van der Waals surface area contributed by atoms with Crippen molar-refractivity contribution < 1.29 is 5.21 Å². The first-order valence-corrected chi connectivity index (χ1v) is 4.34. The van der Waals surface area contributed by atoms with E-state index in [1.807, 2.05) is 0 Å². The Morgan fingerprint density at radius 2 is 2.25 bits per heavy atom. The third-order valence-electron chi connectivity index (χ3n) is 2.52. The number of hydrogen-bond acceptors (Lipinski definition) is 3. The molecule has 0 bridgehead atoms. The van der Waals surface area contributed by atoms with Crippen LogP contribution in [0.4, 0.5) is 0 Å². The molecule has 0 saturated heterocycles. The van der Waals surface area contributed by atoms with Gasteiger partial charge in [0.25, 0.3) is 0 Å². The molecule has 0 atom stereocenters. The van der Waals surface area contributed by atoms with Gasteiger partial charge in [-0.05, 0) is 12.8 Å². The lowest BCUT2D eigenvalue weighted by atomic mass is 10.4. The third-order valence-corrected chi connectivity index (χ3v) is 2.52. The highest BCUT2D eigenvalue weighted by Crippen LogP contribution is 2.39. The summed E-state index contributed by atoms with van der Waals surface area (Å²) in [6, 6.07) is 0. The molecule has 1 aliphatic heterocycles. The Morgan fingerprint density at radius 3 is 2.92 bits per heavy atom. The van der Waals surface area contributed by atoms with E-state index in [4.69, 9.17) is 5.21 Å². The van der Waals surface area contributed by atoms with Gasteiger partial charge in [0.1, 0.15) is 5.82 Å². The van der Waals surface area contributed by atoms with E-state index in [1.54, 1.807) is 0 Å². The smallest absolute Gasteiger partial charge is 0.109 e. The molecule has 0 amide bonds. The topological polar surface area (TPSA) is 52.1 Å². The summed E-state index contributed by atoms with van der Waals surface area (Å²) < 4.78 is 0. The zero-order valence-electron chi connectivity index (χ0n) is 6.75. The van der Waals surface area contributed by atoms with Gasteiger partial charge in [0.05, 0.1) is 24.5 Å². The molecule has 12 heavy (non-hydrogen) atoms. The maximum Gasteiger partial charge on any atom is 0.109 e. The van der Waals surface area contributed by atoms with Gasteiger partial charge in [-0.1, -0.05) is 0 Å². The van der Waals surface area contributed by atoms with Gasteiger partial charge in [0.2, 0.25) is 0 Å². The maximum absolute atomic E-state index is 9.16. The van der Waals surface area contributed by atoms with Crippen LogP contribution >= 0.6 is 0 Å². The zero-order chi connectivity index (χ0) is 8.13. The second-order valence-corrected chi connectivity index (χ2v) is 3.64. The summed E-state index contributed by atoms with van der Waals surface area (Å²) in [4.78, 5) is 7.72. The molecule has 2 aliphatic rings. The van der Waals surface area contributed by atoms with Crippen LogP contribution in [0.3, 0.4) is 0 Å². The number of H-pyrrole nitrogens is 1. The van der Waals surface area contributed by atoms with Crippen LogP contribution in [0.1, 0.15) is 36.0 Å². The normalized spacial score (nSPS) is 23.1. The Labute approximate surface area is 70.2 Å². The van der Waals surface area contributed by atoms with E-state index in [-0.39, 0.29) is 0 Å². The average molecular weight is 165 g/mol. The molecule has 0 aromatic carbocycles. The number of nitrogens with one attached hydrogen (secondary N) is 1. The van der Waals surface area contributed by atoms with Gasteiger partial charge in [-0.3, -0.25) is 0 Å². The van der Waals surface area contributed by atoms with Crippen LogP contribution in [-0.2, 0) is 13.1 Å². The van der Waals surface area contributed by atoms with Gasteiger partial charge in [-0.25, -0.2) is 4.98 Å². The summed E-state index contributed by atoms with van der Waals surface area (Å²) in [5.41, 5.74) is 2.12. The number of imidazole rings is 1. The number of aromatic amines is 1. The van der Waals surface area contributed by atoms with Crippen molar-refractivity contribution in [3.05, 3.63) is 17.2 Å². The molecule has 1 aromatic heterocycles. The number of hydrogen-bond donors (Lipinski definition) is 2. The molecule has 3 rings (SSSR count). The second kappa shape index (κ2) is 2.08. The molecule has 4 heteroatoms. The number of nitrogens with zero attached hydrogens (tertiary/aromatic N) is 2. The number of rotatable bonds is 1. The lowest BCUT2D eigenvalue weighted by Gasteiger charge is -2.02. The fourth-order valence-electron chi connectivity index (χ4n) is 1.69. The standard InChI is InChI=1S/C8H11N3O/c12-11-3-6-7(4-11)10-8(9-6)5-1-2-5/h5,12H,1-4H2,(H,9,10). The maximum atomic E-state index is 9.16. The molecular weight excluding hydrogens is 154 g/mol. The zero-order valence-corrected chi connectivity index (χ0v) is 6.75. The Kier molecular flexibility index (Phi) is 1.15. The molecule has 1 aliphatic carbocycles. The monoisotopic (exact) mass is 165 g/mol. The highest BCUT2D eigenvalue weighted by atomic mass is 16.5. The highest BCUT2D eigenvalue weighted by molar-refractivity contribution is 5.21. The van der Waals surface area contributed by atoms with E-state index in [0.29, 0.717) is 19.0 Å². The summed E-state index contributed by atoms with van der Waals surface area (Å²) in [6.45, 7) is 1.19.